The number of nitrogens with zero attached hydrogens (tertiary/aromatic N) is 1. The predicted octanol–water partition coefficient (Wildman–Crippen LogP) is 2.60. The number of amides is 1. The molecular weight excluding hydrogens is 328 g/mol. The van der Waals surface area contributed by atoms with Crippen LogP contribution in [0.2, 0.25) is 0 Å². The number of nitrogens with one attached hydrogen (secondary N) is 1. The van der Waals surface area contributed by atoms with Crippen LogP contribution in [0.4, 0.5) is 0 Å². The molecule has 136 valence electrons. The molecule has 1 heterocycles. The van der Waals surface area contributed by atoms with E-state index in [0.29, 0.717) is 18.8 Å². The van der Waals surface area contributed by atoms with Crippen molar-refractivity contribution in [2.45, 2.75) is 19.3 Å². The van der Waals surface area contributed by atoms with Gasteiger partial charge in [-0.2, -0.15) is 0 Å². The molecule has 1 saturated heterocycles. The summed E-state index contributed by atoms with van der Waals surface area (Å²) in [5, 5.41) is 3.20. The SMILES string of the molecule is CNCCC1CCN(C(=O)c2cccc(OCCOC)c2)CC1.Cl. The Labute approximate surface area is 151 Å². The van der Waals surface area contributed by atoms with Crippen molar-refractivity contribution < 1.29 is 14.3 Å². The number of benzene rings is 1. The topological polar surface area (TPSA) is 50.8 Å². The van der Waals surface area contributed by atoms with Gasteiger partial charge in [-0.15, -0.1) is 12.4 Å². The van der Waals surface area contributed by atoms with Crippen LogP contribution < -0.4 is 10.1 Å². The zero-order chi connectivity index (χ0) is 16.5. The number of hydrogen-bond donors (Lipinski definition) is 1. The first-order valence-electron chi connectivity index (χ1n) is 8.40. The zero-order valence-electron chi connectivity index (χ0n) is 14.6. The first kappa shape index (κ1) is 20.7. The van der Waals surface area contributed by atoms with Gasteiger partial charge in [0.05, 0.1) is 6.61 Å². The van der Waals surface area contributed by atoms with Crippen LogP contribution in [0.3, 0.4) is 0 Å². The van der Waals surface area contributed by atoms with Crippen molar-refractivity contribution in [2.75, 3.05) is 47.0 Å². The van der Waals surface area contributed by atoms with E-state index in [1.54, 1.807) is 7.11 Å². The highest BCUT2D eigenvalue weighted by molar-refractivity contribution is 5.94. The van der Waals surface area contributed by atoms with Crippen LogP contribution in [-0.2, 0) is 4.74 Å². The van der Waals surface area contributed by atoms with E-state index >= 15 is 0 Å². The molecule has 2 rings (SSSR count). The van der Waals surface area contributed by atoms with E-state index in [9.17, 15) is 4.79 Å². The molecule has 6 heteroatoms. The fraction of sp³-hybridized carbons (Fsp3) is 0.611. The second-order valence-electron chi connectivity index (χ2n) is 6.00. The summed E-state index contributed by atoms with van der Waals surface area (Å²) in [6.07, 6.45) is 3.39. The standard InChI is InChI=1S/C18H28N2O3.ClH/c1-19-9-6-15-7-10-20(11-8-15)18(21)16-4-3-5-17(14-16)23-13-12-22-2;/h3-5,14-15,19H,6-13H2,1-2H3;1H. The van der Waals surface area contributed by atoms with Gasteiger partial charge in [0, 0.05) is 25.8 Å². The van der Waals surface area contributed by atoms with Crippen molar-refractivity contribution in [3.05, 3.63) is 29.8 Å². The van der Waals surface area contributed by atoms with Crippen LogP contribution >= 0.6 is 12.4 Å². The first-order valence-corrected chi connectivity index (χ1v) is 8.40. The highest BCUT2D eigenvalue weighted by Crippen LogP contribution is 2.22. The molecule has 1 amide bonds. The average Bonchev–Trinajstić information content (AvgIpc) is 2.60. The number of hydrogen-bond acceptors (Lipinski definition) is 4. The minimum Gasteiger partial charge on any atom is -0.491 e. The summed E-state index contributed by atoms with van der Waals surface area (Å²) < 4.78 is 10.6. The van der Waals surface area contributed by atoms with Gasteiger partial charge in [0.1, 0.15) is 12.4 Å². The minimum atomic E-state index is 0. The monoisotopic (exact) mass is 356 g/mol. The molecule has 1 fully saturated rings. The van der Waals surface area contributed by atoms with Crippen LogP contribution in [0.15, 0.2) is 24.3 Å². The van der Waals surface area contributed by atoms with Gasteiger partial charge in [-0.3, -0.25) is 4.79 Å². The van der Waals surface area contributed by atoms with Gasteiger partial charge in [-0.25, -0.2) is 0 Å². The Kier molecular flexibility index (Phi) is 9.76. The van der Waals surface area contributed by atoms with Crippen molar-refractivity contribution in [3.8, 4) is 5.75 Å². The number of likely N-dealkylation sites (tertiary alicyclic amines) is 1. The maximum Gasteiger partial charge on any atom is 0.253 e. The number of piperidine rings is 1. The van der Waals surface area contributed by atoms with Gasteiger partial charge < -0.3 is 19.7 Å². The lowest BCUT2D eigenvalue weighted by molar-refractivity contribution is 0.0686. The summed E-state index contributed by atoms with van der Waals surface area (Å²) in [4.78, 5) is 14.6. The van der Waals surface area contributed by atoms with E-state index in [1.165, 1.54) is 6.42 Å². The second-order valence-corrected chi connectivity index (χ2v) is 6.00. The van der Waals surface area contributed by atoms with E-state index in [2.05, 4.69) is 5.32 Å². The number of carbonyl (C=O) groups is 1. The molecule has 1 N–H and O–H groups in total. The van der Waals surface area contributed by atoms with Crippen molar-refractivity contribution in [1.29, 1.82) is 0 Å². The third-order valence-corrected chi connectivity index (χ3v) is 4.34. The van der Waals surface area contributed by atoms with Gasteiger partial charge in [-0.1, -0.05) is 6.07 Å². The van der Waals surface area contributed by atoms with E-state index in [1.807, 2.05) is 36.2 Å². The molecule has 24 heavy (non-hydrogen) atoms. The molecular formula is C18H29ClN2O3. The van der Waals surface area contributed by atoms with Crippen molar-refractivity contribution in [3.63, 3.8) is 0 Å². The van der Waals surface area contributed by atoms with E-state index in [0.717, 1.165) is 44.1 Å². The van der Waals surface area contributed by atoms with E-state index < -0.39 is 0 Å². The van der Waals surface area contributed by atoms with E-state index in [4.69, 9.17) is 9.47 Å². The average molecular weight is 357 g/mol. The summed E-state index contributed by atoms with van der Waals surface area (Å²) in [5.41, 5.74) is 0.702. The van der Waals surface area contributed by atoms with Gasteiger partial charge in [0.25, 0.3) is 5.91 Å². The molecule has 0 bridgehead atoms. The van der Waals surface area contributed by atoms with Crippen LogP contribution in [0, 0.1) is 5.92 Å². The lowest BCUT2D eigenvalue weighted by atomic mass is 9.93. The molecule has 0 unspecified atom stereocenters. The third kappa shape index (κ3) is 6.30. The summed E-state index contributed by atoms with van der Waals surface area (Å²) in [6, 6.07) is 7.43. The van der Waals surface area contributed by atoms with Crippen molar-refractivity contribution >= 4 is 18.3 Å². The smallest absolute Gasteiger partial charge is 0.253 e. The second kappa shape index (κ2) is 11.3. The van der Waals surface area contributed by atoms with Crippen LogP contribution in [0.1, 0.15) is 29.6 Å². The number of rotatable bonds is 8. The van der Waals surface area contributed by atoms with Gasteiger partial charge in [0.2, 0.25) is 0 Å². The zero-order valence-corrected chi connectivity index (χ0v) is 15.4. The molecule has 5 nitrogen and oxygen atoms in total. The van der Waals surface area contributed by atoms with Crippen molar-refractivity contribution in [1.82, 2.24) is 10.2 Å². The molecule has 0 aromatic heterocycles. The maximum atomic E-state index is 12.6. The largest absolute Gasteiger partial charge is 0.491 e. The molecule has 0 saturated carbocycles. The lowest BCUT2D eigenvalue weighted by Gasteiger charge is -2.32. The minimum absolute atomic E-state index is 0. The lowest BCUT2D eigenvalue weighted by Crippen LogP contribution is -2.38. The Balaban J connectivity index is 0.00000288. The number of methoxy groups -OCH3 is 1. The van der Waals surface area contributed by atoms with Crippen molar-refractivity contribution in [2.24, 2.45) is 5.92 Å². The van der Waals surface area contributed by atoms with Gasteiger partial charge >= 0.3 is 0 Å². The highest BCUT2D eigenvalue weighted by Gasteiger charge is 2.23. The first-order chi connectivity index (χ1) is 11.2. The molecule has 0 atom stereocenters. The molecule has 1 aromatic rings. The summed E-state index contributed by atoms with van der Waals surface area (Å²) >= 11 is 0. The Morgan fingerprint density at radius 2 is 2.04 bits per heavy atom. The Morgan fingerprint density at radius 3 is 2.71 bits per heavy atom. The Hall–Kier alpha value is -1.30. The summed E-state index contributed by atoms with van der Waals surface area (Å²) in [7, 11) is 3.63. The quantitative estimate of drug-likeness (QED) is 0.727. The normalized spacial score (nSPS) is 15.0. The van der Waals surface area contributed by atoms with Gasteiger partial charge in [-0.05, 0) is 57.0 Å². The predicted molar refractivity (Wildman–Crippen MR) is 98.2 cm³/mol. The fourth-order valence-corrected chi connectivity index (χ4v) is 2.92. The molecule has 0 spiro atoms. The van der Waals surface area contributed by atoms with Crippen LogP contribution in [-0.4, -0.2) is 57.8 Å². The van der Waals surface area contributed by atoms with Gasteiger partial charge in [0.15, 0.2) is 0 Å². The van der Waals surface area contributed by atoms with E-state index in [-0.39, 0.29) is 18.3 Å². The summed E-state index contributed by atoms with van der Waals surface area (Å²) in [6.45, 7) is 3.78. The Bertz CT molecular complexity index is 491. The highest BCUT2D eigenvalue weighted by atomic mass is 35.5. The molecule has 1 aliphatic heterocycles. The number of halogens is 1. The van der Waals surface area contributed by atoms with Crippen LogP contribution in [0.5, 0.6) is 5.75 Å². The molecule has 0 aliphatic carbocycles. The van der Waals surface area contributed by atoms with Crippen LogP contribution in [0.25, 0.3) is 0 Å². The molecule has 1 aliphatic rings. The third-order valence-electron chi connectivity index (χ3n) is 4.34. The number of carbonyl (C=O) groups excluding carboxylic acids is 1. The molecule has 0 radical (unpaired) electrons. The number of ether oxygens (including phenoxy) is 2. The fourth-order valence-electron chi connectivity index (χ4n) is 2.92. The Morgan fingerprint density at radius 1 is 1.29 bits per heavy atom. The summed E-state index contributed by atoms with van der Waals surface area (Å²) in [5.74, 6) is 1.56. The molecule has 1 aromatic carbocycles. The maximum absolute atomic E-state index is 12.6.